The van der Waals surface area contributed by atoms with Crippen LogP contribution in [0.3, 0.4) is 0 Å². The van der Waals surface area contributed by atoms with Crippen LogP contribution in [-0.2, 0) is 26.2 Å². The Morgan fingerprint density at radius 2 is 1.68 bits per heavy atom. The highest BCUT2D eigenvalue weighted by atomic mass is 35.5. The minimum absolute atomic E-state index is 0.0875. The molecular weight excluding hydrogens is 432 g/mol. The average molecular weight is 443 g/mol. The van der Waals surface area contributed by atoms with Gasteiger partial charge in [0, 0.05) is 15.6 Å². The molecule has 0 amide bonds. The molecule has 0 aromatic heterocycles. The Labute approximate surface area is 164 Å². The topological polar surface area (TPSA) is 72.5 Å². The number of ether oxygens (including phenoxy) is 1. The van der Waals surface area contributed by atoms with Gasteiger partial charge < -0.3 is 4.74 Å². The van der Waals surface area contributed by atoms with E-state index in [1.165, 1.54) is 24.3 Å². The van der Waals surface area contributed by atoms with Gasteiger partial charge in [0.1, 0.15) is 13.2 Å². The Morgan fingerprint density at radius 1 is 0.960 bits per heavy atom. The van der Waals surface area contributed by atoms with Crippen molar-refractivity contribution in [3.05, 3.63) is 62.1 Å². The summed E-state index contributed by atoms with van der Waals surface area (Å²) < 4.78 is 31.3. The summed E-state index contributed by atoms with van der Waals surface area (Å²) in [5, 5.41) is 1.11. The first kappa shape index (κ1) is 20.3. The quantitative estimate of drug-likeness (QED) is 0.676. The Balaban J connectivity index is 1.93. The first-order chi connectivity index (χ1) is 11.7. The van der Waals surface area contributed by atoms with E-state index < -0.39 is 22.5 Å². The predicted octanol–water partition coefficient (Wildman–Crippen LogP) is 4.32. The fraction of sp³-hybridized carbons (Fsp3) is 0.133. The lowest BCUT2D eigenvalue weighted by molar-refractivity contribution is -0.143. The Kier molecular flexibility index (Phi) is 6.96. The van der Waals surface area contributed by atoms with Crippen LogP contribution in [-0.4, -0.2) is 20.9 Å². The molecule has 0 saturated carbocycles. The van der Waals surface area contributed by atoms with Crippen LogP contribution in [0.4, 0.5) is 0 Å². The van der Waals surface area contributed by atoms with Gasteiger partial charge in [-0.05, 0) is 30.3 Å². The summed E-state index contributed by atoms with van der Waals surface area (Å²) in [5.74, 6) is -0.769. The number of carbonyl (C=O) groups excluding carboxylic acids is 1. The number of carbonyl (C=O) groups is 1. The zero-order valence-electron chi connectivity index (χ0n) is 12.4. The van der Waals surface area contributed by atoms with Gasteiger partial charge in [0.2, 0.25) is 10.0 Å². The summed E-state index contributed by atoms with van der Waals surface area (Å²) in [6.07, 6.45) is 0. The maximum absolute atomic E-state index is 12.1. The highest BCUT2D eigenvalue weighted by molar-refractivity contribution is 7.89. The van der Waals surface area contributed by atoms with Crippen molar-refractivity contribution in [3.8, 4) is 0 Å². The number of esters is 1. The molecule has 25 heavy (non-hydrogen) atoms. The highest BCUT2D eigenvalue weighted by Gasteiger charge is 2.17. The molecule has 0 radical (unpaired) electrons. The number of rotatable bonds is 6. The zero-order chi connectivity index (χ0) is 18.6. The van der Waals surface area contributed by atoms with Crippen LogP contribution in [0.1, 0.15) is 5.56 Å². The van der Waals surface area contributed by atoms with Gasteiger partial charge in [0.05, 0.1) is 14.9 Å². The van der Waals surface area contributed by atoms with Gasteiger partial charge in [-0.3, -0.25) is 4.79 Å². The highest BCUT2D eigenvalue weighted by Crippen LogP contribution is 2.24. The van der Waals surface area contributed by atoms with Gasteiger partial charge in [-0.2, -0.15) is 4.72 Å². The molecule has 0 fully saturated rings. The van der Waals surface area contributed by atoms with Crippen LogP contribution in [0, 0.1) is 0 Å². The minimum Gasteiger partial charge on any atom is -0.460 e. The van der Waals surface area contributed by atoms with Crippen LogP contribution < -0.4 is 4.72 Å². The molecule has 0 bridgehead atoms. The number of sulfonamides is 1. The number of hydrogen-bond acceptors (Lipinski definition) is 4. The monoisotopic (exact) mass is 441 g/mol. The molecule has 0 aliphatic heterocycles. The van der Waals surface area contributed by atoms with E-state index in [-0.39, 0.29) is 21.5 Å². The van der Waals surface area contributed by atoms with Crippen LogP contribution in [0.15, 0.2) is 41.3 Å². The Bertz CT molecular complexity index is 902. The second-order valence-electron chi connectivity index (χ2n) is 4.80. The normalized spacial score (nSPS) is 11.4. The molecule has 2 aromatic carbocycles. The fourth-order valence-corrected chi connectivity index (χ4v) is 3.55. The molecule has 0 saturated heterocycles. The van der Waals surface area contributed by atoms with E-state index in [1.54, 1.807) is 12.1 Å². The number of benzene rings is 2. The van der Waals surface area contributed by atoms with Crippen molar-refractivity contribution in [2.45, 2.75) is 11.5 Å². The van der Waals surface area contributed by atoms with Crippen molar-refractivity contribution in [2.75, 3.05) is 6.54 Å². The van der Waals surface area contributed by atoms with Crippen molar-refractivity contribution in [2.24, 2.45) is 0 Å². The van der Waals surface area contributed by atoms with E-state index in [4.69, 9.17) is 51.1 Å². The van der Waals surface area contributed by atoms with Crippen molar-refractivity contribution in [1.82, 2.24) is 4.72 Å². The Hall–Kier alpha value is -1.02. The summed E-state index contributed by atoms with van der Waals surface area (Å²) in [6.45, 7) is -0.656. The molecule has 1 N–H and O–H groups in total. The van der Waals surface area contributed by atoms with E-state index in [2.05, 4.69) is 4.72 Å². The molecule has 10 heteroatoms. The molecule has 0 atom stereocenters. The van der Waals surface area contributed by atoms with Crippen LogP contribution in [0.25, 0.3) is 0 Å². The number of halogens is 4. The SMILES string of the molecule is O=C(CNS(=O)(=O)c1ccc(Cl)c(Cl)c1)OCc1ccc(Cl)cc1Cl. The maximum Gasteiger partial charge on any atom is 0.321 e. The van der Waals surface area contributed by atoms with E-state index in [0.29, 0.717) is 15.6 Å². The van der Waals surface area contributed by atoms with Gasteiger partial charge in [-0.25, -0.2) is 8.42 Å². The third-order valence-corrected chi connectivity index (χ3v) is 5.74. The van der Waals surface area contributed by atoms with E-state index >= 15 is 0 Å². The summed E-state index contributed by atoms with van der Waals surface area (Å²) >= 11 is 23.3. The molecule has 5 nitrogen and oxygen atoms in total. The van der Waals surface area contributed by atoms with Gasteiger partial charge in [-0.1, -0.05) is 52.5 Å². The second kappa shape index (κ2) is 8.58. The van der Waals surface area contributed by atoms with Crippen molar-refractivity contribution < 1.29 is 17.9 Å². The third-order valence-electron chi connectivity index (χ3n) is 3.01. The zero-order valence-corrected chi connectivity index (χ0v) is 16.3. The van der Waals surface area contributed by atoms with E-state index in [0.717, 1.165) is 0 Å². The van der Waals surface area contributed by atoms with Gasteiger partial charge in [0.15, 0.2) is 0 Å². The summed E-state index contributed by atoms with van der Waals surface area (Å²) in [5.41, 5.74) is 0.548. The van der Waals surface area contributed by atoms with Crippen LogP contribution in [0.2, 0.25) is 20.1 Å². The standard InChI is InChI=1S/C15H11Cl4NO4S/c16-10-2-1-9(13(18)5-10)8-24-15(21)7-20-25(22,23)11-3-4-12(17)14(19)6-11/h1-6,20H,7-8H2. The lowest BCUT2D eigenvalue weighted by atomic mass is 10.2. The van der Waals surface area contributed by atoms with E-state index in [1.807, 2.05) is 0 Å². The van der Waals surface area contributed by atoms with Gasteiger partial charge in [0.25, 0.3) is 0 Å². The summed E-state index contributed by atoms with van der Waals surface area (Å²) in [4.78, 5) is 11.6. The molecule has 0 unspecified atom stereocenters. The fourth-order valence-electron chi connectivity index (χ4n) is 1.73. The summed E-state index contributed by atoms with van der Waals surface area (Å²) in [7, 11) is -3.93. The molecule has 0 heterocycles. The summed E-state index contributed by atoms with van der Waals surface area (Å²) in [6, 6.07) is 8.53. The largest absolute Gasteiger partial charge is 0.460 e. The average Bonchev–Trinajstić information content (AvgIpc) is 2.54. The minimum atomic E-state index is -3.93. The number of nitrogens with one attached hydrogen (secondary N) is 1. The number of hydrogen-bond donors (Lipinski definition) is 1. The van der Waals surface area contributed by atoms with Crippen LogP contribution >= 0.6 is 46.4 Å². The van der Waals surface area contributed by atoms with Crippen molar-refractivity contribution in [3.63, 3.8) is 0 Å². The molecule has 0 aliphatic rings. The molecule has 0 aliphatic carbocycles. The second-order valence-corrected chi connectivity index (χ2v) is 8.22. The third kappa shape index (κ3) is 5.74. The molecule has 0 spiro atoms. The van der Waals surface area contributed by atoms with E-state index in [9.17, 15) is 13.2 Å². The molecule has 134 valence electrons. The smallest absolute Gasteiger partial charge is 0.321 e. The van der Waals surface area contributed by atoms with Crippen molar-refractivity contribution >= 4 is 62.4 Å². The maximum atomic E-state index is 12.1. The first-order valence-corrected chi connectivity index (χ1v) is 9.73. The lowest BCUT2D eigenvalue weighted by Crippen LogP contribution is -2.30. The Morgan fingerprint density at radius 3 is 2.32 bits per heavy atom. The van der Waals surface area contributed by atoms with Crippen molar-refractivity contribution in [1.29, 1.82) is 0 Å². The van der Waals surface area contributed by atoms with Crippen LogP contribution in [0.5, 0.6) is 0 Å². The molecular formula is C15H11Cl4NO4S. The first-order valence-electron chi connectivity index (χ1n) is 6.73. The predicted molar refractivity (Wildman–Crippen MR) is 97.9 cm³/mol. The molecule has 2 rings (SSSR count). The van der Waals surface area contributed by atoms with Gasteiger partial charge >= 0.3 is 5.97 Å². The molecule has 2 aromatic rings. The lowest BCUT2D eigenvalue weighted by Gasteiger charge is -2.09. The van der Waals surface area contributed by atoms with Gasteiger partial charge in [-0.15, -0.1) is 0 Å².